The second-order valence-electron chi connectivity index (χ2n) is 5.03. The Hall–Kier alpha value is -1.97. The van der Waals surface area contributed by atoms with Gasteiger partial charge in [-0.25, -0.2) is 4.98 Å². The van der Waals surface area contributed by atoms with E-state index in [1.165, 1.54) is 6.42 Å². The van der Waals surface area contributed by atoms with Gasteiger partial charge in [0, 0.05) is 24.4 Å². The molecule has 1 N–H and O–H groups in total. The van der Waals surface area contributed by atoms with Gasteiger partial charge < -0.3 is 4.98 Å². The zero-order chi connectivity index (χ0) is 13.1. The fraction of sp³-hybridized carbons (Fsp3) is 0.400. The molecule has 2 heterocycles. The summed E-state index contributed by atoms with van der Waals surface area (Å²) in [6.07, 6.45) is 9.41. The molecule has 19 heavy (non-hydrogen) atoms. The van der Waals surface area contributed by atoms with Crippen LogP contribution in [0.2, 0.25) is 0 Å². The van der Waals surface area contributed by atoms with Crippen molar-refractivity contribution in [3.8, 4) is 0 Å². The van der Waals surface area contributed by atoms with Crippen molar-refractivity contribution in [2.24, 2.45) is 0 Å². The first-order chi connectivity index (χ1) is 9.33. The smallest absolute Gasteiger partial charge is 0.254 e. The van der Waals surface area contributed by atoms with Gasteiger partial charge in [-0.1, -0.05) is 6.42 Å². The largest absolute Gasteiger partial charge is 0.310 e. The molecule has 0 atom stereocenters. The second kappa shape index (κ2) is 5.34. The molecule has 2 aromatic rings. The molecule has 2 aromatic heterocycles. The molecule has 0 aliphatic heterocycles. The van der Waals surface area contributed by atoms with Gasteiger partial charge in [0.15, 0.2) is 0 Å². The number of fused-ring (bicyclic) bond motifs is 1. The molecule has 0 unspecified atom stereocenters. The highest BCUT2D eigenvalue weighted by atomic mass is 16.1. The summed E-state index contributed by atoms with van der Waals surface area (Å²) in [6, 6.07) is 3.90. The van der Waals surface area contributed by atoms with Crippen LogP contribution < -0.4 is 5.56 Å². The van der Waals surface area contributed by atoms with Gasteiger partial charge in [0.05, 0.1) is 5.69 Å². The number of aromatic nitrogens is 3. The molecule has 1 aliphatic carbocycles. The minimum absolute atomic E-state index is 0.0518. The Morgan fingerprint density at radius 1 is 1.11 bits per heavy atom. The number of aromatic amines is 1. The van der Waals surface area contributed by atoms with Gasteiger partial charge in [-0.15, -0.1) is 0 Å². The SMILES string of the molecule is O=c1[nH]c(Cc2ccncc2)nc2c1CCCCC2. The lowest BCUT2D eigenvalue weighted by atomic mass is 10.1. The summed E-state index contributed by atoms with van der Waals surface area (Å²) in [6.45, 7) is 0. The summed E-state index contributed by atoms with van der Waals surface area (Å²) in [7, 11) is 0. The Balaban J connectivity index is 1.93. The van der Waals surface area contributed by atoms with Crippen molar-refractivity contribution >= 4 is 0 Å². The Bertz CT molecular complexity index is 619. The molecule has 0 radical (unpaired) electrons. The van der Waals surface area contributed by atoms with Crippen LogP contribution in [0.25, 0.3) is 0 Å². The van der Waals surface area contributed by atoms with Crippen LogP contribution in [0.1, 0.15) is 41.9 Å². The number of aryl methyl sites for hydroxylation is 1. The minimum Gasteiger partial charge on any atom is -0.310 e. The number of pyridine rings is 1. The van der Waals surface area contributed by atoms with Crippen LogP contribution in [-0.4, -0.2) is 15.0 Å². The predicted octanol–water partition coefficient (Wildman–Crippen LogP) is 2.02. The van der Waals surface area contributed by atoms with Gasteiger partial charge in [-0.3, -0.25) is 9.78 Å². The number of hydrogen-bond donors (Lipinski definition) is 1. The molecule has 0 bridgehead atoms. The molecule has 0 saturated carbocycles. The molecular weight excluding hydrogens is 238 g/mol. The monoisotopic (exact) mass is 255 g/mol. The van der Waals surface area contributed by atoms with Gasteiger partial charge in [-0.05, 0) is 43.4 Å². The fourth-order valence-electron chi connectivity index (χ4n) is 2.61. The van der Waals surface area contributed by atoms with E-state index in [0.717, 1.165) is 48.3 Å². The Labute approximate surface area is 111 Å². The maximum atomic E-state index is 12.1. The highest BCUT2D eigenvalue weighted by Crippen LogP contribution is 2.16. The van der Waals surface area contributed by atoms with Crippen LogP contribution in [0.4, 0.5) is 0 Å². The van der Waals surface area contributed by atoms with Gasteiger partial charge in [-0.2, -0.15) is 0 Å². The molecule has 0 aromatic carbocycles. The van der Waals surface area contributed by atoms with Crippen LogP contribution >= 0.6 is 0 Å². The fourth-order valence-corrected chi connectivity index (χ4v) is 2.61. The lowest BCUT2D eigenvalue weighted by molar-refractivity contribution is 0.708. The average Bonchev–Trinajstić information content (AvgIpc) is 2.65. The van der Waals surface area contributed by atoms with E-state index >= 15 is 0 Å². The van der Waals surface area contributed by atoms with Crippen molar-refractivity contribution < 1.29 is 0 Å². The summed E-state index contributed by atoms with van der Waals surface area (Å²) in [5.41, 5.74) is 3.07. The lowest BCUT2D eigenvalue weighted by Crippen LogP contribution is -2.19. The summed E-state index contributed by atoms with van der Waals surface area (Å²) in [5, 5.41) is 0. The molecule has 0 fully saturated rings. The molecular formula is C15H17N3O. The van der Waals surface area contributed by atoms with Gasteiger partial charge >= 0.3 is 0 Å². The molecule has 3 rings (SSSR count). The molecule has 0 amide bonds. The predicted molar refractivity (Wildman–Crippen MR) is 73.2 cm³/mol. The average molecular weight is 255 g/mol. The molecule has 0 saturated heterocycles. The van der Waals surface area contributed by atoms with E-state index < -0.39 is 0 Å². The van der Waals surface area contributed by atoms with Crippen molar-refractivity contribution in [3.05, 3.63) is 57.5 Å². The van der Waals surface area contributed by atoms with Gasteiger partial charge in [0.2, 0.25) is 0 Å². The van der Waals surface area contributed by atoms with E-state index in [4.69, 9.17) is 0 Å². The van der Waals surface area contributed by atoms with Crippen LogP contribution in [0.3, 0.4) is 0 Å². The van der Waals surface area contributed by atoms with Crippen molar-refractivity contribution in [3.63, 3.8) is 0 Å². The maximum absolute atomic E-state index is 12.1. The zero-order valence-electron chi connectivity index (χ0n) is 10.9. The van der Waals surface area contributed by atoms with Crippen molar-refractivity contribution in [1.82, 2.24) is 15.0 Å². The summed E-state index contributed by atoms with van der Waals surface area (Å²) >= 11 is 0. The number of nitrogens with one attached hydrogen (secondary N) is 1. The molecule has 4 heteroatoms. The normalized spacial score (nSPS) is 14.7. The van der Waals surface area contributed by atoms with E-state index in [1.54, 1.807) is 12.4 Å². The Morgan fingerprint density at radius 3 is 2.74 bits per heavy atom. The number of rotatable bonds is 2. The van der Waals surface area contributed by atoms with Gasteiger partial charge in [0.25, 0.3) is 5.56 Å². The first-order valence-corrected chi connectivity index (χ1v) is 6.83. The Kier molecular flexibility index (Phi) is 3.40. The third-order valence-electron chi connectivity index (χ3n) is 3.61. The lowest BCUT2D eigenvalue weighted by Gasteiger charge is -2.07. The van der Waals surface area contributed by atoms with Crippen LogP contribution in [0, 0.1) is 0 Å². The summed E-state index contributed by atoms with van der Waals surface area (Å²) in [5.74, 6) is 0.761. The van der Waals surface area contributed by atoms with E-state index in [-0.39, 0.29) is 5.56 Å². The molecule has 4 nitrogen and oxygen atoms in total. The summed E-state index contributed by atoms with van der Waals surface area (Å²) < 4.78 is 0. The van der Waals surface area contributed by atoms with E-state index in [0.29, 0.717) is 6.42 Å². The van der Waals surface area contributed by atoms with E-state index in [2.05, 4.69) is 15.0 Å². The van der Waals surface area contributed by atoms with Gasteiger partial charge in [0.1, 0.15) is 5.82 Å². The van der Waals surface area contributed by atoms with Crippen molar-refractivity contribution in [2.75, 3.05) is 0 Å². The number of H-pyrrole nitrogens is 1. The van der Waals surface area contributed by atoms with Crippen molar-refractivity contribution in [1.29, 1.82) is 0 Å². The highest BCUT2D eigenvalue weighted by Gasteiger charge is 2.14. The molecule has 1 aliphatic rings. The minimum atomic E-state index is 0.0518. The summed E-state index contributed by atoms with van der Waals surface area (Å²) in [4.78, 5) is 23.7. The first-order valence-electron chi connectivity index (χ1n) is 6.83. The number of nitrogens with zero attached hydrogens (tertiary/aromatic N) is 2. The Morgan fingerprint density at radius 2 is 1.89 bits per heavy atom. The zero-order valence-corrected chi connectivity index (χ0v) is 10.9. The quantitative estimate of drug-likeness (QED) is 0.835. The molecule has 0 spiro atoms. The van der Waals surface area contributed by atoms with Crippen molar-refractivity contribution in [2.45, 2.75) is 38.5 Å². The van der Waals surface area contributed by atoms with Crippen LogP contribution in [-0.2, 0) is 19.3 Å². The maximum Gasteiger partial charge on any atom is 0.254 e. The van der Waals surface area contributed by atoms with Crippen LogP contribution in [0.15, 0.2) is 29.3 Å². The molecule has 98 valence electrons. The topological polar surface area (TPSA) is 58.6 Å². The first kappa shape index (κ1) is 12.1. The third kappa shape index (κ3) is 2.72. The standard InChI is InChI=1S/C15H17N3O/c19-15-12-4-2-1-3-5-13(12)17-14(18-15)10-11-6-8-16-9-7-11/h6-9H,1-5,10H2,(H,17,18,19). The van der Waals surface area contributed by atoms with E-state index in [1.807, 2.05) is 12.1 Å². The third-order valence-corrected chi connectivity index (χ3v) is 3.61. The number of hydrogen-bond acceptors (Lipinski definition) is 3. The van der Waals surface area contributed by atoms with E-state index in [9.17, 15) is 4.79 Å². The van der Waals surface area contributed by atoms with Crippen LogP contribution in [0.5, 0.6) is 0 Å². The second-order valence-corrected chi connectivity index (χ2v) is 5.03. The highest BCUT2D eigenvalue weighted by molar-refractivity contribution is 5.22.